The predicted octanol–water partition coefficient (Wildman–Crippen LogP) is 0.862. The quantitative estimate of drug-likeness (QED) is 0.748. The Hall–Kier alpha value is -1.21. The van der Waals surface area contributed by atoms with Crippen LogP contribution in [0, 0.1) is 0 Å². The third-order valence-corrected chi connectivity index (χ3v) is 3.76. The summed E-state index contributed by atoms with van der Waals surface area (Å²) in [5.74, 6) is -0.786. The zero-order valence-electron chi connectivity index (χ0n) is 10.6. The minimum absolute atomic E-state index is 0.217. The van der Waals surface area contributed by atoms with Crippen molar-refractivity contribution < 1.29 is 23.5 Å². The van der Waals surface area contributed by atoms with Gasteiger partial charge in [-0.05, 0) is 25.7 Å². The molecule has 106 valence electrons. The van der Waals surface area contributed by atoms with E-state index in [0.717, 1.165) is 17.7 Å². The van der Waals surface area contributed by atoms with Crippen LogP contribution in [-0.2, 0) is 14.3 Å². The largest absolute Gasteiger partial charge is 0.358 e. The number of carbonyl (C=O) groups is 2. The highest BCUT2D eigenvalue weighted by Crippen LogP contribution is 2.27. The molecule has 0 spiro atoms. The van der Waals surface area contributed by atoms with Crippen molar-refractivity contribution in [2.75, 3.05) is 19.8 Å². The van der Waals surface area contributed by atoms with Gasteiger partial charge in [0.15, 0.2) is 6.17 Å². The molecule has 6 nitrogen and oxygen atoms in total. The zero-order chi connectivity index (χ0) is 13.4. The highest BCUT2D eigenvalue weighted by atomic mass is 19.1. The van der Waals surface area contributed by atoms with Gasteiger partial charge in [0.05, 0.1) is 6.54 Å². The average Bonchev–Trinajstić information content (AvgIpc) is 3.06. The van der Waals surface area contributed by atoms with Crippen molar-refractivity contribution in [3.63, 3.8) is 0 Å². The molecular weight excluding hydrogens is 255 g/mol. The molecular formula is C12H17FN2O4. The van der Waals surface area contributed by atoms with Gasteiger partial charge >= 0.3 is 6.03 Å². The van der Waals surface area contributed by atoms with Gasteiger partial charge < -0.3 is 9.47 Å². The third kappa shape index (κ3) is 2.21. The molecule has 3 aliphatic rings. The Morgan fingerprint density at radius 3 is 2.26 bits per heavy atom. The number of amides is 3. The summed E-state index contributed by atoms with van der Waals surface area (Å²) in [4.78, 5) is 26.5. The van der Waals surface area contributed by atoms with Crippen molar-refractivity contribution in [1.29, 1.82) is 0 Å². The second-order valence-corrected chi connectivity index (χ2v) is 5.05. The van der Waals surface area contributed by atoms with Gasteiger partial charge in [-0.1, -0.05) is 0 Å². The number of imide groups is 1. The number of rotatable bonds is 2. The van der Waals surface area contributed by atoms with E-state index in [0.29, 0.717) is 26.1 Å². The zero-order valence-corrected chi connectivity index (χ0v) is 10.6. The summed E-state index contributed by atoms with van der Waals surface area (Å²) < 4.78 is 24.6. The van der Waals surface area contributed by atoms with Crippen molar-refractivity contribution in [2.45, 2.75) is 44.3 Å². The molecule has 0 saturated carbocycles. The first-order valence-electron chi connectivity index (χ1n) is 6.69. The molecule has 0 aliphatic carbocycles. The molecule has 3 rings (SSSR count). The Balaban J connectivity index is 1.80. The number of ether oxygens (including phenoxy) is 2. The van der Waals surface area contributed by atoms with Crippen molar-refractivity contribution in [3.8, 4) is 0 Å². The van der Waals surface area contributed by atoms with Crippen molar-refractivity contribution >= 4 is 11.9 Å². The SMILES string of the molecule is O=C1C(F)CN(C2CCCO2)C(=O)N1C1CCCO1. The van der Waals surface area contributed by atoms with E-state index in [1.807, 2.05) is 0 Å². The van der Waals surface area contributed by atoms with Crippen LogP contribution in [-0.4, -0.2) is 60.1 Å². The van der Waals surface area contributed by atoms with Crippen molar-refractivity contribution in [3.05, 3.63) is 0 Å². The summed E-state index contributed by atoms with van der Waals surface area (Å²) in [5, 5.41) is 0. The van der Waals surface area contributed by atoms with Crippen LogP contribution in [0.5, 0.6) is 0 Å². The molecule has 0 bridgehead atoms. The van der Waals surface area contributed by atoms with Crippen molar-refractivity contribution in [1.82, 2.24) is 9.80 Å². The number of nitrogens with zero attached hydrogens (tertiary/aromatic N) is 2. The Morgan fingerprint density at radius 2 is 1.68 bits per heavy atom. The maximum Gasteiger partial charge on any atom is 0.331 e. The molecule has 0 aromatic rings. The first-order valence-corrected chi connectivity index (χ1v) is 6.69. The van der Waals surface area contributed by atoms with Crippen LogP contribution in [0.25, 0.3) is 0 Å². The summed E-state index contributed by atoms with van der Waals surface area (Å²) >= 11 is 0. The Morgan fingerprint density at radius 1 is 1.05 bits per heavy atom. The maximum atomic E-state index is 13.9. The molecule has 3 saturated heterocycles. The molecule has 19 heavy (non-hydrogen) atoms. The maximum absolute atomic E-state index is 13.9. The van der Waals surface area contributed by atoms with Gasteiger partial charge in [-0.3, -0.25) is 9.69 Å². The molecule has 3 amide bonds. The first kappa shape index (κ1) is 12.8. The number of hydrogen-bond donors (Lipinski definition) is 0. The van der Waals surface area contributed by atoms with Gasteiger partial charge in [-0.25, -0.2) is 14.1 Å². The fourth-order valence-electron chi connectivity index (χ4n) is 2.79. The van der Waals surface area contributed by atoms with E-state index in [9.17, 15) is 14.0 Å². The lowest BCUT2D eigenvalue weighted by Crippen LogP contribution is -2.62. The van der Waals surface area contributed by atoms with Crippen LogP contribution < -0.4 is 0 Å². The van der Waals surface area contributed by atoms with Crippen LogP contribution >= 0.6 is 0 Å². The number of hydrogen-bond acceptors (Lipinski definition) is 4. The van der Waals surface area contributed by atoms with Crippen LogP contribution in [0.4, 0.5) is 9.18 Å². The topological polar surface area (TPSA) is 59.1 Å². The normalized spacial score (nSPS) is 36.4. The summed E-state index contributed by atoms with van der Waals surface area (Å²) in [6.07, 6.45) is 0.157. The summed E-state index contributed by atoms with van der Waals surface area (Å²) in [6, 6.07) is -0.488. The lowest BCUT2D eigenvalue weighted by molar-refractivity contribution is -0.151. The second-order valence-electron chi connectivity index (χ2n) is 5.05. The summed E-state index contributed by atoms with van der Waals surface area (Å²) in [7, 11) is 0. The molecule has 0 radical (unpaired) electrons. The minimum atomic E-state index is -1.69. The highest BCUT2D eigenvalue weighted by Gasteiger charge is 2.46. The van der Waals surface area contributed by atoms with E-state index in [1.165, 1.54) is 4.90 Å². The molecule has 0 aromatic carbocycles. The summed E-state index contributed by atoms with van der Waals surface area (Å²) in [5.41, 5.74) is 0. The average molecular weight is 272 g/mol. The highest BCUT2D eigenvalue weighted by molar-refractivity contribution is 5.99. The molecule has 3 aliphatic heterocycles. The van der Waals surface area contributed by atoms with Gasteiger partial charge in [0.2, 0.25) is 0 Å². The minimum Gasteiger partial charge on any atom is -0.358 e. The van der Waals surface area contributed by atoms with Crippen LogP contribution in [0.15, 0.2) is 0 Å². The Labute approximate surface area is 110 Å². The number of halogens is 1. The first-order chi connectivity index (χ1) is 9.18. The van der Waals surface area contributed by atoms with Crippen LogP contribution in [0.3, 0.4) is 0 Å². The van der Waals surface area contributed by atoms with Gasteiger partial charge in [-0.2, -0.15) is 0 Å². The molecule has 0 N–H and O–H groups in total. The summed E-state index contributed by atoms with van der Waals surface area (Å²) in [6.45, 7) is 0.851. The lowest BCUT2D eigenvalue weighted by Gasteiger charge is -2.40. The molecule has 7 heteroatoms. The third-order valence-electron chi connectivity index (χ3n) is 3.76. The number of carbonyl (C=O) groups excluding carboxylic acids is 2. The standard InChI is InChI=1S/C12H17FN2O4/c13-8-7-14(9-3-1-5-18-9)12(17)15(11(8)16)10-4-2-6-19-10/h8-10H,1-7H2. The van der Waals surface area contributed by atoms with E-state index >= 15 is 0 Å². The van der Waals surface area contributed by atoms with E-state index in [4.69, 9.17) is 9.47 Å². The van der Waals surface area contributed by atoms with Gasteiger partial charge in [-0.15, -0.1) is 0 Å². The van der Waals surface area contributed by atoms with Gasteiger partial charge in [0, 0.05) is 13.2 Å². The molecule has 0 aromatic heterocycles. The van der Waals surface area contributed by atoms with E-state index in [2.05, 4.69) is 0 Å². The van der Waals surface area contributed by atoms with E-state index in [1.54, 1.807) is 0 Å². The predicted molar refractivity (Wildman–Crippen MR) is 61.8 cm³/mol. The number of alkyl halides is 1. The Kier molecular flexibility index (Phi) is 3.40. The molecule has 3 atom stereocenters. The Bertz CT molecular complexity index is 380. The second kappa shape index (κ2) is 5.05. The van der Waals surface area contributed by atoms with Crippen LogP contribution in [0.1, 0.15) is 25.7 Å². The van der Waals surface area contributed by atoms with Crippen LogP contribution in [0.2, 0.25) is 0 Å². The van der Waals surface area contributed by atoms with E-state index in [-0.39, 0.29) is 6.54 Å². The molecule has 3 unspecified atom stereocenters. The van der Waals surface area contributed by atoms with E-state index < -0.39 is 30.6 Å². The van der Waals surface area contributed by atoms with Crippen molar-refractivity contribution in [2.24, 2.45) is 0 Å². The molecule has 3 fully saturated rings. The number of urea groups is 1. The monoisotopic (exact) mass is 272 g/mol. The smallest absolute Gasteiger partial charge is 0.331 e. The fraction of sp³-hybridized carbons (Fsp3) is 0.833. The fourth-order valence-corrected chi connectivity index (χ4v) is 2.79. The lowest BCUT2D eigenvalue weighted by atomic mass is 10.2. The van der Waals surface area contributed by atoms with Gasteiger partial charge in [0.1, 0.15) is 12.5 Å². The van der Waals surface area contributed by atoms with Gasteiger partial charge in [0.25, 0.3) is 5.91 Å². The molecule has 3 heterocycles.